The second-order valence-electron chi connectivity index (χ2n) is 2.93. The van der Waals surface area contributed by atoms with Crippen LogP contribution < -0.4 is 11.1 Å². The number of rotatable bonds is 3. The summed E-state index contributed by atoms with van der Waals surface area (Å²) in [6, 6.07) is 3.55. The Labute approximate surface area is 82.1 Å². The van der Waals surface area contributed by atoms with Crippen molar-refractivity contribution >= 4 is 11.6 Å². The van der Waals surface area contributed by atoms with Crippen LogP contribution >= 0.6 is 0 Å². The Morgan fingerprint density at radius 1 is 1.79 bits per heavy atom. The number of nitrogens with two attached hydrogens (primary N) is 1. The van der Waals surface area contributed by atoms with Crippen molar-refractivity contribution < 1.29 is 4.79 Å². The van der Waals surface area contributed by atoms with Gasteiger partial charge in [0.1, 0.15) is 5.69 Å². The summed E-state index contributed by atoms with van der Waals surface area (Å²) in [4.78, 5) is 11.5. The number of nitrogens with zero attached hydrogens (tertiary/aromatic N) is 2. The number of anilines is 1. The van der Waals surface area contributed by atoms with Crippen molar-refractivity contribution in [2.75, 3.05) is 12.3 Å². The zero-order chi connectivity index (χ0) is 10.6. The first-order valence-electron chi connectivity index (χ1n) is 4.22. The quantitative estimate of drug-likeness (QED) is 0.673. The number of amides is 1. The van der Waals surface area contributed by atoms with Crippen molar-refractivity contribution in [1.29, 1.82) is 5.26 Å². The first-order valence-corrected chi connectivity index (χ1v) is 4.22. The van der Waals surface area contributed by atoms with E-state index in [2.05, 4.69) is 5.32 Å². The zero-order valence-corrected chi connectivity index (χ0v) is 7.95. The fourth-order valence-corrected chi connectivity index (χ4v) is 1.14. The number of nitrogen functional groups attached to an aromatic ring is 1. The van der Waals surface area contributed by atoms with Gasteiger partial charge < -0.3 is 15.6 Å². The molecule has 0 radical (unpaired) electrons. The molecule has 1 amide bonds. The Bertz CT molecular complexity index is 375. The van der Waals surface area contributed by atoms with E-state index < -0.39 is 0 Å². The number of nitriles is 1. The van der Waals surface area contributed by atoms with E-state index in [1.807, 2.05) is 6.07 Å². The van der Waals surface area contributed by atoms with Gasteiger partial charge in [0, 0.05) is 19.8 Å². The largest absolute Gasteiger partial charge is 0.397 e. The van der Waals surface area contributed by atoms with Crippen molar-refractivity contribution in [2.24, 2.45) is 7.05 Å². The number of hydrogen-bond donors (Lipinski definition) is 2. The number of aryl methyl sites for hydroxylation is 1. The minimum Gasteiger partial charge on any atom is -0.397 e. The summed E-state index contributed by atoms with van der Waals surface area (Å²) in [5.41, 5.74) is 6.57. The van der Waals surface area contributed by atoms with Gasteiger partial charge in [-0.05, 0) is 6.07 Å². The van der Waals surface area contributed by atoms with Crippen molar-refractivity contribution in [2.45, 2.75) is 6.42 Å². The van der Waals surface area contributed by atoms with Crippen LogP contribution in [0.4, 0.5) is 5.69 Å². The van der Waals surface area contributed by atoms with Crippen LogP contribution in [0.15, 0.2) is 12.3 Å². The van der Waals surface area contributed by atoms with Gasteiger partial charge in [-0.25, -0.2) is 0 Å². The number of aromatic nitrogens is 1. The highest BCUT2D eigenvalue weighted by molar-refractivity contribution is 5.93. The summed E-state index contributed by atoms with van der Waals surface area (Å²) in [5, 5.41) is 10.9. The molecule has 0 saturated carbocycles. The molecule has 1 heterocycles. The Kier molecular flexibility index (Phi) is 3.13. The van der Waals surface area contributed by atoms with Crippen LogP contribution in [0.25, 0.3) is 0 Å². The highest BCUT2D eigenvalue weighted by Gasteiger charge is 2.09. The Balaban J connectivity index is 2.61. The third kappa shape index (κ3) is 2.26. The van der Waals surface area contributed by atoms with Crippen LogP contribution in [0, 0.1) is 11.3 Å². The maximum absolute atomic E-state index is 11.5. The average molecular weight is 192 g/mol. The predicted octanol–water partition coefficient (Wildman–Crippen LogP) is 0.251. The lowest BCUT2D eigenvalue weighted by Gasteiger charge is -2.02. The number of carbonyl (C=O) groups is 1. The highest BCUT2D eigenvalue weighted by Crippen LogP contribution is 2.07. The van der Waals surface area contributed by atoms with Crippen molar-refractivity contribution in [3.05, 3.63) is 18.0 Å². The Hall–Kier alpha value is -1.96. The third-order valence-corrected chi connectivity index (χ3v) is 1.78. The molecule has 0 saturated heterocycles. The summed E-state index contributed by atoms with van der Waals surface area (Å²) in [6.07, 6.45) is 1.98. The van der Waals surface area contributed by atoms with E-state index >= 15 is 0 Å². The molecule has 0 spiro atoms. The highest BCUT2D eigenvalue weighted by atomic mass is 16.1. The molecule has 1 rings (SSSR count). The molecular formula is C9H12N4O. The summed E-state index contributed by atoms with van der Waals surface area (Å²) in [7, 11) is 1.75. The SMILES string of the molecule is Cn1cc(N)cc1C(=O)NCCC#N. The minimum absolute atomic E-state index is 0.209. The molecule has 0 aliphatic heterocycles. The van der Waals surface area contributed by atoms with E-state index in [4.69, 9.17) is 11.0 Å². The Morgan fingerprint density at radius 2 is 2.50 bits per heavy atom. The molecule has 5 nitrogen and oxygen atoms in total. The normalized spacial score (nSPS) is 9.43. The molecular weight excluding hydrogens is 180 g/mol. The summed E-state index contributed by atoms with van der Waals surface area (Å²) in [5.74, 6) is -0.209. The number of hydrogen-bond acceptors (Lipinski definition) is 3. The van der Waals surface area contributed by atoms with Gasteiger partial charge in [0.05, 0.1) is 18.2 Å². The van der Waals surface area contributed by atoms with Crippen LogP contribution in [0.5, 0.6) is 0 Å². The van der Waals surface area contributed by atoms with Gasteiger partial charge in [0.15, 0.2) is 0 Å². The van der Waals surface area contributed by atoms with Gasteiger partial charge in [-0.3, -0.25) is 4.79 Å². The van der Waals surface area contributed by atoms with E-state index in [-0.39, 0.29) is 5.91 Å². The summed E-state index contributed by atoms with van der Waals surface area (Å²) < 4.78 is 1.65. The van der Waals surface area contributed by atoms with Crippen molar-refractivity contribution in [3.8, 4) is 6.07 Å². The van der Waals surface area contributed by atoms with E-state index in [0.29, 0.717) is 24.3 Å². The lowest BCUT2D eigenvalue weighted by atomic mass is 10.3. The van der Waals surface area contributed by atoms with Crippen LogP contribution in [-0.2, 0) is 7.05 Å². The predicted molar refractivity (Wildman–Crippen MR) is 52.4 cm³/mol. The monoisotopic (exact) mass is 192 g/mol. The standard InChI is InChI=1S/C9H12N4O/c1-13-6-7(11)5-8(13)9(14)12-4-2-3-10/h5-6H,2,4,11H2,1H3,(H,12,14). The fraction of sp³-hybridized carbons (Fsp3) is 0.333. The van der Waals surface area contributed by atoms with Gasteiger partial charge in [0.25, 0.3) is 5.91 Å². The van der Waals surface area contributed by atoms with Gasteiger partial charge in [-0.2, -0.15) is 5.26 Å². The molecule has 0 unspecified atom stereocenters. The van der Waals surface area contributed by atoms with Gasteiger partial charge >= 0.3 is 0 Å². The average Bonchev–Trinajstić information content (AvgIpc) is 2.45. The maximum atomic E-state index is 11.5. The van der Waals surface area contributed by atoms with Crippen LogP contribution in [0.1, 0.15) is 16.9 Å². The molecule has 14 heavy (non-hydrogen) atoms. The Morgan fingerprint density at radius 3 is 3.00 bits per heavy atom. The van der Waals surface area contributed by atoms with Gasteiger partial charge in [-0.1, -0.05) is 0 Å². The first kappa shape index (κ1) is 10.1. The molecule has 0 aliphatic carbocycles. The molecule has 0 aromatic carbocycles. The van der Waals surface area contributed by atoms with Crippen molar-refractivity contribution in [1.82, 2.24) is 9.88 Å². The van der Waals surface area contributed by atoms with Crippen LogP contribution in [-0.4, -0.2) is 17.0 Å². The molecule has 0 aliphatic rings. The first-order chi connectivity index (χ1) is 6.65. The zero-order valence-electron chi connectivity index (χ0n) is 7.95. The molecule has 0 fully saturated rings. The van der Waals surface area contributed by atoms with Crippen molar-refractivity contribution in [3.63, 3.8) is 0 Å². The molecule has 1 aromatic heterocycles. The van der Waals surface area contributed by atoms with Crippen LogP contribution in [0.3, 0.4) is 0 Å². The van der Waals surface area contributed by atoms with E-state index in [1.165, 1.54) is 0 Å². The van der Waals surface area contributed by atoms with Gasteiger partial charge in [-0.15, -0.1) is 0 Å². The lowest BCUT2D eigenvalue weighted by Crippen LogP contribution is -2.25. The van der Waals surface area contributed by atoms with E-state index in [0.717, 1.165) is 0 Å². The third-order valence-electron chi connectivity index (χ3n) is 1.78. The maximum Gasteiger partial charge on any atom is 0.268 e. The number of carbonyl (C=O) groups excluding carboxylic acids is 1. The molecule has 3 N–H and O–H groups in total. The minimum atomic E-state index is -0.209. The van der Waals surface area contributed by atoms with Crippen LogP contribution in [0.2, 0.25) is 0 Å². The molecule has 74 valence electrons. The smallest absolute Gasteiger partial charge is 0.268 e. The van der Waals surface area contributed by atoms with Gasteiger partial charge in [0.2, 0.25) is 0 Å². The molecule has 1 aromatic rings. The fourth-order valence-electron chi connectivity index (χ4n) is 1.14. The number of nitrogens with one attached hydrogen (secondary N) is 1. The second kappa shape index (κ2) is 4.33. The molecule has 0 bridgehead atoms. The molecule has 0 atom stereocenters. The summed E-state index contributed by atoms with van der Waals surface area (Å²) in [6.45, 7) is 0.362. The lowest BCUT2D eigenvalue weighted by molar-refractivity contribution is 0.0946. The topological polar surface area (TPSA) is 83.8 Å². The summed E-state index contributed by atoms with van der Waals surface area (Å²) >= 11 is 0. The molecule has 5 heteroatoms. The van der Waals surface area contributed by atoms with E-state index in [9.17, 15) is 4.79 Å². The van der Waals surface area contributed by atoms with E-state index in [1.54, 1.807) is 23.9 Å². The second-order valence-corrected chi connectivity index (χ2v) is 2.93.